The second-order valence-corrected chi connectivity index (χ2v) is 15.3. The third-order valence-electron chi connectivity index (χ3n) is 10.8. The fourth-order valence-electron chi connectivity index (χ4n) is 8.90. The van der Waals surface area contributed by atoms with Gasteiger partial charge >= 0.3 is 17.9 Å². The van der Waals surface area contributed by atoms with Gasteiger partial charge in [-0.15, -0.1) is 11.8 Å². The van der Waals surface area contributed by atoms with Crippen LogP contribution in [-0.2, 0) is 35.1 Å². The molecule has 2 fully saturated rings. The van der Waals surface area contributed by atoms with Gasteiger partial charge in [-0.3, -0.25) is 24.2 Å². The molecule has 2 saturated heterocycles. The zero-order chi connectivity index (χ0) is 38.6. The summed E-state index contributed by atoms with van der Waals surface area (Å²) in [5.74, 6) is -0.922. The van der Waals surface area contributed by atoms with E-state index >= 15 is 0 Å². The molecule has 288 valence electrons. The number of cyclic esters (lactones) is 1. The molecular weight excluding hydrogens is 724 g/mol. The second-order valence-electron chi connectivity index (χ2n) is 14.1. The van der Waals surface area contributed by atoms with Gasteiger partial charge in [0.2, 0.25) is 12.7 Å². The number of carbonyl (C=O) groups is 4. The number of benzene rings is 2. The molecule has 6 heterocycles. The Hall–Kier alpha value is -4.76. The maximum Gasteiger partial charge on any atom is 0.329 e. The number of ether oxygens (including phenoxy) is 7. The lowest BCUT2D eigenvalue weighted by atomic mass is 9.76. The number of aryl methyl sites for hydroxylation is 1. The van der Waals surface area contributed by atoms with Crippen molar-refractivity contribution in [2.75, 3.05) is 53.8 Å². The second kappa shape index (κ2) is 14.5. The average molecular weight is 767 g/mol. The Balaban J connectivity index is 1.50. The van der Waals surface area contributed by atoms with Crippen LogP contribution in [0.1, 0.15) is 70.5 Å². The largest absolute Gasteiger partial charge is 0.493 e. The molecular formula is C37H42N4O12S. The third-order valence-corrected chi connectivity index (χ3v) is 12.2. The minimum Gasteiger partial charge on any atom is -0.493 e. The third kappa shape index (κ3) is 6.05. The number of rotatable bonds is 9. The number of esters is 2. The highest BCUT2D eigenvalue weighted by Crippen LogP contribution is 2.65. The van der Waals surface area contributed by atoms with Crippen LogP contribution < -0.4 is 29.0 Å². The summed E-state index contributed by atoms with van der Waals surface area (Å²) in [6.45, 7) is 4.91. The standard InChI is InChI=1S/C37H42N4O12S/c1-17-9-20-10-37(13-38)14-40(4)28(25(20)33(30(17)48-6)50-15-47-5)29-35-27-26(34-32(51-16-52-34)18(2)31(27)53-19(3)42)22(41(29)37)11-49-36(46)21(12-54-35)39-23(43)7-8-24(44)45/h9,21-22,28-29,35H,7-8,10-12,14-16H2,1-6H3,(H,39,43)(H,44,45)/t21-,22?,28+,29?,35+,37-/m0/s1. The Labute approximate surface area is 315 Å². The van der Waals surface area contributed by atoms with E-state index in [0.717, 1.165) is 16.7 Å². The Bertz CT molecular complexity index is 1970. The molecule has 0 aromatic heterocycles. The summed E-state index contributed by atoms with van der Waals surface area (Å²) in [7, 11) is 5.06. The van der Waals surface area contributed by atoms with Crippen LogP contribution in [0.4, 0.5) is 0 Å². The molecule has 54 heavy (non-hydrogen) atoms. The molecule has 1 amide bonds. The van der Waals surface area contributed by atoms with Gasteiger partial charge in [0, 0.05) is 67.5 Å². The van der Waals surface area contributed by atoms with Crippen LogP contribution in [0.5, 0.6) is 28.7 Å². The topological polar surface area (TPSA) is 195 Å². The van der Waals surface area contributed by atoms with Crippen LogP contribution in [-0.4, -0.2) is 110 Å². The van der Waals surface area contributed by atoms with E-state index in [1.807, 2.05) is 20.0 Å². The van der Waals surface area contributed by atoms with E-state index in [0.29, 0.717) is 46.2 Å². The quantitative estimate of drug-likeness (QED) is 0.215. The number of carbonyl (C=O) groups excluding carboxylic acids is 3. The van der Waals surface area contributed by atoms with Gasteiger partial charge in [0.25, 0.3) is 0 Å². The van der Waals surface area contributed by atoms with E-state index in [1.54, 1.807) is 14.0 Å². The number of carboxylic acid groups (broad SMARTS) is 1. The summed E-state index contributed by atoms with van der Waals surface area (Å²) in [6.07, 6.45) is -0.450. The first-order valence-electron chi connectivity index (χ1n) is 17.5. The first kappa shape index (κ1) is 37.6. The highest BCUT2D eigenvalue weighted by atomic mass is 32.2. The fourth-order valence-corrected chi connectivity index (χ4v) is 10.4. The average Bonchev–Trinajstić information content (AvgIpc) is 3.54. The SMILES string of the molecule is COCOc1c(OC)c(C)cc2c1[C@@H]1C3[C@@H]4SC[C@H](NC(=O)CCC(=O)O)C(=O)OCC(c5c6c(c(C)c(OC(C)=O)c54)OCO6)N3[C@](C#N)(C2)CN1C. The lowest BCUT2D eigenvalue weighted by Crippen LogP contribution is -2.69. The van der Waals surface area contributed by atoms with Crippen molar-refractivity contribution in [2.24, 2.45) is 0 Å². The molecule has 4 bridgehead atoms. The van der Waals surface area contributed by atoms with E-state index in [1.165, 1.54) is 25.8 Å². The number of methoxy groups -OCH3 is 2. The van der Waals surface area contributed by atoms with Gasteiger partial charge in [-0.1, -0.05) is 6.07 Å². The minimum absolute atomic E-state index is 0.00312. The number of nitrogens with zero attached hydrogens (tertiary/aromatic N) is 3. The summed E-state index contributed by atoms with van der Waals surface area (Å²) >= 11 is 1.34. The van der Waals surface area contributed by atoms with E-state index in [-0.39, 0.29) is 44.5 Å². The van der Waals surface area contributed by atoms with Crippen LogP contribution in [0.3, 0.4) is 0 Å². The van der Waals surface area contributed by atoms with Gasteiger partial charge in [0.15, 0.2) is 29.8 Å². The van der Waals surface area contributed by atoms with Crippen LogP contribution in [0.15, 0.2) is 6.07 Å². The molecule has 7 atom stereocenters. The highest BCUT2D eigenvalue weighted by Gasteiger charge is 2.63. The number of amides is 1. The van der Waals surface area contributed by atoms with Gasteiger partial charge in [0.1, 0.15) is 23.9 Å². The number of nitrogens with one attached hydrogen (secondary N) is 1. The van der Waals surface area contributed by atoms with Crippen molar-refractivity contribution >= 4 is 35.6 Å². The van der Waals surface area contributed by atoms with Crippen molar-refractivity contribution in [3.8, 4) is 34.8 Å². The maximum atomic E-state index is 13.8. The predicted molar refractivity (Wildman–Crippen MR) is 190 cm³/mol. The molecule has 2 aromatic carbocycles. The van der Waals surface area contributed by atoms with Crippen LogP contribution in [0.25, 0.3) is 0 Å². The number of likely N-dealkylation sites (N-methyl/N-ethyl adjacent to an activating group) is 1. The molecule has 16 nitrogen and oxygen atoms in total. The number of nitriles is 1. The molecule has 17 heteroatoms. The number of piperazine rings is 1. The first-order chi connectivity index (χ1) is 25.8. The Morgan fingerprint density at radius 1 is 1.09 bits per heavy atom. The molecule has 0 spiro atoms. The normalized spacial score (nSPS) is 27.7. The van der Waals surface area contributed by atoms with Crippen LogP contribution in [0.2, 0.25) is 0 Å². The van der Waals surface area contributed by atoms with Gasteiger partial charge in [-0.2, -0.15) is 5.26 Å². The molecule has 0 aliphatic carbocycles. The molecule has 2 aromatic rings. The first-order valence-corrected chi connectivity index (χ1v) is 18.6. The molecule has 3 unspecified atom stereocenters. The molecule has 0 saturated carbocycles. The summed E-state index contributed by atoms with van der Waals surface area (Å²) in [5, 5.41) is 22.6. The van der Waals surface area contributed by atoms with Crippen molar-refractivity contribution in [1.82, 2.24) is 15.1 Å². The summed E-state index contributed by atoms with van der Waals surface area (Å²) < 4.78 is 41.9. The van der Waals surface area contributed by atoms with Gasteiger partial charge in [0.05, 0.1) is 36.9 Å². The van der Waals surface area contributed by atoms with Gasteiger partial charge < -0.3 is 43.6 Å². The number of fused-ring (bicyclic) bond motifs is 6. The fraction of sp³-hybridized carbons (Fsp3) is 0.541. The molecule has 6 aliphatic rings. The zero-order valence-electron chi connectivity index (χ0n) is 30.8. The van der Waals surface area contributed by atoms with Crippen molar-refractivity contribution < 1.29 is 57.4 Å². The molecule has 2 N–H and O–H groups in total. The summed E-state index contributed by atoms with van der Waals surface area (Å²) in [6, 6.07) is 1.75. The predicted octanol–water partition coefficient (Wildman–Crippen LogP) is 2.86. The number of aliphatic carboxylic acids is 1. The van der Waals surface area contributed by atoms with E-state index in [2.05, 4.69) is 21.2 Å². The van der Waals surface area contributed by atoms with Gasteiger partial charge in [-0.05, 0) is 32.0 Å². The Kier molecular flexibility index (Phi) is 10.1. The van der Waals surface area contributed by atoms with Gasteiger partial charge in [-0.25, -0.2) is 4.79 Å². The van der Waals surface area contributed by atoms with E-state index < -0.39 is 65.2 Å². The lowest BCUT2D eigenvalue weighted by molar-refractivity contribution is -0.153. The summed E-state index contributed by atoms with van der Waals surface area (Å²) in [5.41, 5.74) is 3.09. The lowest BCUT2D eigenvalue weighted by Gasteiger charge is -2.60. The Morgan fingerprint density at radius 2 is 1.85 bits per heavy atom. The molecule has 6 aliphatic heterocycles. The zero-order valence-corrected chi connectivity index (χ0v) is 31.6. The van der Waals surface area contributed by atoms with Crippen molar-refractivity contribution in [2.45, 2.75) is 75.0 Å². The van der Waals surface area contributed by atoms with Crippen LogP contribution in [0, 0.1) is 25.2 Å². The van der Waals surface area contributed by atoms with E-state index in [9.17, 15) is 24.4 Å². The maximum absolute atomic E-state index is 13.8. The number of carboxylic acids is 1. The smallest absolute Gasteiger partial charge is 0.329 e. The van der Waals surface area contributed by atoms with Crippen LogP contribution >= 0.6 is 11.8 Å². The molecule has 0 radical (unpaired) electrons. The Morgan fingerprint density at radius 3 is 2.54 bits per heavy atom. The van der Waals surface area contributed by atoms with Crippen molar-refractivity contribution in [3.63, 3.8) is 0 Å². The van der Waals surface area contributed by atoms with Crippen molar-refractivity contribution in [1.29, 1.82) is 5.26 Å². The number of hydrogen-bond acceptors (Lipinski definition) is 15. The summed E-state index contributed by atoms with van der Waals surface area (Å²) in [4.78, 5) is 55.0. The molecule has 8 rings (SSSR count). The van der Waals surface area contributed by atoms with Crippen molar-refractivity contribution in [3.05, 3.63) is 39.4 Å². The van der Waals surface area contributed by atoms with E-state index in [4.69, 9.17) is 38.3 Å². The number of hydrogen-bond donors (Lipinski definition) is 2. The highest BCUT2D eigenvalue weighted by molar-refractivity contribution is 7.99. The minimum atomic E-state index is -1.18. The number of thioether (sulfide) groups is 1. The monoisotopic (exact) mass is 766 g/mol.